The Morgan fingerprint density at radius 3 is 2.70 bits per heavy atom. The standard InChI is InChI=1S/C21H24N4O2/c1-14-3-5-16(6-4-14)21-24-19(15(2)27-21)12-25-11-17(20(26)13-25)9-18-10-22-7-8-23-18/h3-8,10,17,20,26H,9,11-13H2,1-2H3/t17-,20-/m1/s1. The van der Waals surface area contributed by atoms with Crippen molar-refractivity contribution in [2.75, 3.05) is 13.1 Å². The van der Waals surface area contributed by atoms with E-state index >= 15 is 0 Å². The SMILES string of the molecule is Cc1ccc(-c2nc(CN3C[C@@H](Cc4cnccn4)[C@H](O)C3)c(C)o2)cc1. The summed E-state index contributed by atoms with van der Waals surface area (Å²) in [4.78, 5) is 15.4. The van der Waals surface area contributed by atoms with Crippen LogP contribution in [0.15, 0.2) is 47.3 Å². The van der Waals surface area contributed by atoms with Crippen LogP contribution in [-0.4, -0.2) is 44.2 Å². The van der Waals surface area contributed by atoms with Crippen LogP contribution in [-0.2, 0) is 13.0 Å². The number of aromatic nitrogens is 3. The minimum atomic E-state index is -0.365. The second-order valence-corrected chi connectivity index (χ2v) is 7.31. The lowest BCUT2D eigenvalue weighted by molar-refractivity contribution is 0.140. The minimum Gasteiger partial charge on any atom is -0.441 e. The largest absolute Gasteiger partial charge is 0.441 e. The minimum absolute atomic E-state index is 0.158. The van der Waals surface area contributed by atoms with E-state index in [0.29, 0.717) is 19.0 Å². The quantitative estimate of drug-likeness (QED) is 0.750. The van der Waals surface area contributed by atoms with E-state index in [1.165, 1.54) is 5.56 Å². The first-order valence-corrected chi connectivity index (χ1v) is 9.27. The van der Waals surface area contributed by atoms with E-state index < -0.39 is 0 Å². The third-order valence-corrected chi connectivity index (χ3v) is 5.13. The fourth-order valence-electron chi connectivity index (χ4n) is 3.58. The molecule has 1 aromatic carbocycles. The molecule has 3 aromatic rings. The molecule has 4 rings (SSSR count). The van der Waals surface area contributed by atoms with Crippen molar-refractivity contribution in [3.8, 4) is 11.5 Å². The summed E-state index contributed by atoms with van der Waals surface area (Å²) in [6.07, 6.45) is 5.50. The molecule has 0 amide bonds. The zero-order chi connectivity index (χ0) is 18.8. The van der Waals surface area contributed by atoms with Gasteiger partial charge in [-0.05, 0) is 32.4 Å². The normalized spacial score (nSPS) is 20.3. The highest BCUT2D eigenvalue weighted by Gasteiger charge is 2.32. The molecular weight excluding hydrogens is 340 g/mol. The number of aryl methyl sites for hydroxylation is 2. The summed E-state index contributed by atoms with van der Waals surface area (Å²) in [7, 11) is 0. The molecule has 0 spiro atoms. The first kappa shape index (κ1) is 17.8. The van der Waals surface area contributed by atoms with Gasteiger partial charge in [0.1, 0.15) is 5.76 Å². The lowest BCUT2D eigenvalue weighted by atomic mass is 10.0. The second kappa shape index (κ2) is 7.58. The Hall–Kier alpha value is -2.57. The number of benzene rings is 1. The van der Waals surface area contributed by atoms with Crippen molar-refractivity contribution in [1.82, 2.24) is 19.9 Å². The summed E-state index contributed by atoms with van der Waals surface area (Å²) in [5.41, 5.74) is 4.04. The van der Waals surface area contributed by atoms with Crippen LogP contribution in [0.1, 0.15) is 22.7 Å². The molecule has 0 unspecified atom stereocenters. The lowest BCUT2D eigenvalue weighted by Crippen LogP contribution is -2.22. The maximum atomic E-state index is 10.4. The number of β-amino-alcohol motifs (C(OH)–C–C–N with tert-alkyl or cyclic N) is 1. The van der Waals surface area contributed by atoms with Gasteiger partial charge in [0.15, 0.2) is 0 Å². The van der Waals surface area contributed by atoms with Gasteiger partial charge < -0.3 is 9.52 Å². The van der Waals surface area contributed by atoms with Gasteiger partial charge in [0, 0.05) is 49.7 Å². The van der Waals surface area contributed by atoms with Gasteiger partial charge in [-0.3, -0.25) is 14.9 Å². The number of likely N-dealkylation sites (tertiary alicyclic amines) is 1. The van der Waals surface area contributed by atoms with Gasteiger partial charge in [-0.1, -0.05) is 17.7 Å². The Labute approximate surface area is 158 Å². The van der Waals surface area contributed by atoms with Crippen molar-refractivity contribution in [3.63, 3.8) is 0 Å². The molecule has 1 aliphatic heterocycles. The fraction of sp³-hybridized carbons (Fsp3) is 0.381. The van der Waals surface area contributed by atoms with Crippen molar-refractivity contribution in [2.24, 2.45) is 5.92 Å². The number of hydrogen-bond acceptors (Lipinski definition) is 6. The zero-order valence-electron chi connectivity index (χ0n) is 15.7. The first-order valence-electron chi connectivity index (χ1n) is 9.27. The predicted molar refractivity (Wildman–Crippen MR) is 102 cm³/mol. The maximum absolute atomic E-state index is 10.4. The molecule has 140 valence electrons. The zero-order valence-corrected chi connectivity index (χ0v) is 15.7. The van der Waals surface area contributed by atoms with Gasteiger partial charge in [-0.15, -0.1) is 0 Å². The highest BCUT2D eigenvalue weighted by Crippen LogP contribution is 2.26. The number of hydrogen-bond donors (Lipinski definition) is 1. The Morgan fingerprint density at radius 2 is 1.96 bits per heavy atom. The van der Waals surface area contributed by atoms with Crippen molar-refractivity contribution < 1.29 is 9.52 Å². The summed E-state index contributed by atoms with van der Waals surface area (Å²) >= 11 is 0. The van der Waals surface area contributed by atoms with Crippen molar-refractivity contribution in [2.45, 2.75) is 32.9 Å². The summed E-state index contributed by atoms with van der Waals surface area (Å²) < 4.78 is 5.88. The number of rotatable bonds is 5. The molecule has 1 N–H and O–H groups in total. The number of aliphatic hydroxyl groups is 1. The van der Waals surface area contributed by atoms with Gasteiger partial charge >= 0.3 is 0 Å². The van der Waals surface area contributed by atoms with Crippen LogP contribution in [0.4, 0.5) is 0 Å². The van der Waals surface area contributed by atoms with E-state index in [1.807, 2.05) is 19.1 Å². The fourth-order valence-corrected chi connectivity index (χ4v) is 3.58. The molecule has 0 radical (unpaired) electrons. The Kier molecular flexibility index (Phi) is 5.01. The molecule has 0 bridgehead atoms. The van der Waals surface area contributed by atoms with Crippen LogP contribution in [0, 0.1) is 19.8 Å². The first-order chi connectivity index (χ1) is 13.1. The van der Waals surface area contributed by atoms with Gasteiger partial charge in [0.25, 0.3) is 0 Å². The maximum Gasteiger partial charge on any atom is 0.226 e. The van der Waals surface area contributed by atoms with Gasteiger partial charge in [0.05, 0.1) is 17.5 Å². The van der Waals surface area contributed by atoms with Crippen LogP contribution in [0.3, 0.4) is 0 Å². The molecule has 6 heteroatoms. The van der Waals surface area contributed by atoms with E-state index in [4.69, 9.17) is 9.40 Å². The van der Waals surface area contributed by atoms with Crippen LogP contribution < -0.4 is 0 Å². The van der Waals surface area contributed by atoms with Gasteiger partial charge in [0.2, 0.25) is 5.89 Å². The van der Waals surface area contributed by atoms with Gasteiger partial charge in [-0.2, -0.15) is 0 Å². The molecule has 0 saturated carbocycles. The Balaban J connectivity index is 1.43. The Morgan fingerprint density at radius 1 is 1.15 bits per heavy atom. The summed E-state index contributed by atoms with van der Waals surface area (Å²) in [5, 5.41) is 10.4. The van der Waals surface area contributed by atoms with Crippen LogP contribution in [0.2, 0.25) is 0 Å². The van der Waals surface area contributed by atoms with Crippen molar-refractivity contribution >= 4 is 0 Å². The molecule has 2 aromatic heterocycles. The van der Waals surface area contributed by atoms with E-state index in [0.717, 1.165) is 35.7 Å². The molecule has 1 saturated heterocycles. The number of aliphatic hydroxyl groups excluding tert-OH is 1. The molecule has 27 heavy (non-hydrogen) atoms. The summed E-state index contributed by atoms with van der Waals surface area (Å²) in [6, 6.07) is 8.17. The van der Waals surface area contributed by atoms with E-state index in [2.05, 4.69) is 33.9 Å². The smallest absolute Gasteiger partial charge is 0.226 e. The van der Waals surface area contributed by atoms with Crippen molar-refractivity contribution in [1.29, 1.82) is 0 Å². The predicted octanol–water partition coefficient (Wildman–Crippen LogP) is 2.78. The highest BCUT2D eigenvalue weighted by molar-refractivity contribution is 5.54. The molecular formula is C21H24N4O2. The monoisotopic (exact) mass is 364 g/mol. The number of oxazole rings is 1. The molecule has 1 fully saturated rings. The topological polar surface area (TPSA) is 75.3 Å². The number of nitrogens with zero attached hydrogens (tertiary/aromatic N) is 4. The van der Waals surface area contributed by atoms with E-state index in [1.54, 1.807) is 18.6 Å². The van der Waals surface area contributed by atoms with Crippen LogP contribution in [0.25, 0.3) is 11.5 Å². The molecule has 2 atom stereocenters. The van der Waals surface area contributed by atoms with E-state index in [-0.39, 0.29) is 12.0 Å². The molecule has 1 aliphatic rings. The molecule has 3 heterocycles. The third-order valence-electron chi connectivity index (χ3n) is 5.13. The van der Waals surface area contributed by atoms with Crippen LogP contribution >= 0.6 is 0 Å². The summed E-state index contributed by atoms with van der Waals surface area (Å²) in [5.74, 6) is 1.64. The van der Waals surface area contributed by atoms with E-state index in [9.17, 15) is 5.11 Å². The van der Waals surface area contributed by atoms with Crippen molar-refractivity contribution in [3.05, 3.63) is 65.6 Å². The second-order valence-electron chi connectivity index (χ2n) is 7.31. The highest BCUT2D eigenvalue weighted by atomic mass is 16.4. The summed E-state index contributed by atoms with van der Waals surface area (Å²) in [6.45, 7) is 6.13. The molecule has 0 aliphatic carbocycles. The average molecular weight is 364 g/mol. The van der Waals surface area contributed by atoms with Crippen LogP contribution in [0.5, 0.6) is 0 Å². The molecule has 6 nitrogen and oxygen atoms in total. The average Bonchev–Trinajstić information content (AvgIpc) is 3.19. The van der Waals surface area contributed by atoms with Gasteiger partial charge in [-0.25, -0.2) is 4.98 Å². The Bertz CT molecular complexity index is 892. The third kappa shape index (κ3) is 4.07. The lowest BCUT2D eigenvalue weighted by Gasteiger charge is -2.14.